The fraction of sp³-hybridized carbons (Fsp3) is 0.778. The third-order valence-electron chi connectivity index (χ3n) is 1.88. The zero-order valence-electron chi connectivity index (χ0n) is 7.58. The van der Waals surface area contributed by atoms with Crippen molar-refractivity contribution in [1.29, 1.82) is 0 Å². The molecule has 1 N–H and O–H groups in total. The second-order valence-corrected chi connectivity index (χ2v) is 2.92. The number of nitrogens with one attached hydrogen (secondary N) is 1. The Hall–Kier alpha value is -0.380. The van der Waals surface area contributed by atoms with E-state index in [0.717, 1.165) is 0 Å². The number of methoxy groups -OCH3 is 1. The van der Waals surface area contributed by atoms with Crippen LogP contribution in [0.25, 0.3) is 0 Å². The quantitative estimate of drug-likeness (QED) is 0.384. The van der Waals surface area contributed by atoms with Crippen LogP contribution < -0.4 is 5.48 Å². The average Bonchev–Trinajstić information content (AvgIpc) is 2.14. The second kappa shape index (κ2) is 6.17. The molecule has 0 heterocycles. The molecule has 3 nitrogen and oxygen atoms in total. The van der Waals surface area contributed by atoms with Crippen LogP contribution >= 0.6 is 0 Å². The first-order valence-electron chi connectivity index (χ1n) is 4.46. The van der Waals surface area contributed by atoms with Crippen molar-refractivity contribution in [1.82, 2.24) is 5.48 Å². The highest BCUT2D eigenvalue weighted by atomic mass is 16.7. The van der Waals surface area contributed by atoms with E-state index in [-0.39, 0.29) is 0 Å². The van der Waals surface area contributed by atoms with Gasteiger partial charge in [0, 0.05) is 7.11 Å². The summed E-state index contributed by atoms with van der Waals surface area (Å²) in [6.45, 7) is 1.25. The molecule has 0 bridgehead atoms. The van der Waals surface area contributed by atoms with Gasteiger partial charge in [0.1, 0.15) is 0 Å². The van der Waals surface area contributed by atoms with Gasteiger partial charge >= 0.3 is 0 Å². The molecule has 12 heavy (non-hydrogen) atoms. The minimum atomic E-state index is 0.399. The molecule has 0 saturated carbocycles. The molecule has 0 aliphatic heterocycles. The van der Waals surface area contributed by atoms with Crippen LogP contribution in [0, 0.1) is 0 Å². The van der Waals surface area contributed by atoms with Gasteiger partial charge in [-0.3, -0.25) is 4.84 Å². The SMILES string of the molecule is COCCONC1C=CCCC1. The van der Waals surface area contributed by atoms with Crippen LogP contribution in [-0.4, -0.2) is 26.4 Å². The minimum absolute atomic E-state index is 0.399. The number of allylic oxidation sites excluding steroid dienone is 1. The summed E-state index contributed by atoms with van der Waals surface area (Å²) >= 11 is 0. The Kier molecular flexibility index (Phi) is 4.99. The molecule has 1 aliphatic carbocycles. The number of ether oxygens (including phenoxy) is 1. The number of hydroxylamine groups is 1. The Morgan fingerprint density at radius 1 is 1.50 bits per heavy atom. The Bertz CT molecular complexity index is 136. The number of hydrogen-bond acceptors (Lipinski definition) is 3. The van der Waals surface area contributed by atoms with Gasteiger partial charge in [-0.15, -0.1) is 0 Å². The summed E-state index contributed by atoms with van der Waals surface area (Å²) < 4.78 is 4.85. The van der Waals surface area contributed by atoms with E-state index in [9.17, 15) is 0 Å². The maximum atomic E-state index is 5.19. The minimum Gasteiger partial charge on any atom is -0.382 e. The maximum absolute atomic E-state index is 5.19. The van der Waals surface area contributed by atoms with E-state index in [0.29, 0.717) is 19.3 Å². The van der Waals surface area contributed by atoms with Gasteiger partial charge in [-0.25, -0.2) is 0 Å². The van der Waals surface area contributed by atoms with Gasteiger partial charge in [0.15, 0.2) is 0 Å². The Morgan fingerprint density at radius 3 is 3.08 bits per heavy atom. The summed E-state index contributed by atoms with van der Waals surface area (Å²) in [6, 6.07) is 0.399. The monoisotopic (exact) mass is 171 g/mol. The molecule has 1 rings (SSSR count). The summed E-state index contributed by atoms with van der Waals surface area (Å²) in [5.74, 6) is 0. The fourth-order valence-electron chi connectivity index (χ4n) is 1.20. The van der Waals surface area contributed by atoms with Gasteiger partial charge in [-0.2, -0.15) is 5.48 Å². The predicted molar refractivity (Wildman–Crippen MR) is 47.7 cm³/mol. The largest absolute Gasteiger partial charge is 0.382 e. The lowest BCUT2D eigenvalue weighted by molar-refractivity contribution is -0.00609. The number of rotatable bonds is 5. The predicted octanol–water partition coefficient (Wildman–Crippen LogP) is 1.26. The third-order valence-corrected chi connectivity index (χ3v) is 1.88. The molecule has 1 atom stereocenters. The van der Waals surface area contributed by atoms with Gasteiger partial charge in [0.25, 0.3) is 0 Å². The first kappa shape index (κ1) is 9.71. The summed E-state index contributed by atoms with van der Waals surface area (Å²) in [5.41, 5.74) is 2.99. The summed E-state index contributed by atoms with van der Waals surface area (Å²) in [7, 11) is 1.67. The fourth-order valence-corrected chi connectivity index (χ4v) is 1.20. The van der Waals surface area contributed by atoms with Crippen LogP contribution in [0.5, 0.6) is 0 Å². The first-order chi connectivity index (χ1) is 5.93. The van der Waals surface area contributed by atoms with Crippen molar-refractivity contribution in [2.24, 2.45) is 0 Å². The zero-order chi connectivity index (χ0) is 8.65. The third kappa shape index (κ3) is 3.85. The molecule has 0 aromatic heterocycles. The highest BCUT2D eigenvalue weighted by Crippen LogP contribution is 2.09. The topological polar surface area (TPSA) is 30.5 Å². The highest BCUT2D eigenvalue weighted by Gasteiger charge is 2.06. The van der Waals surface area contributed by atoms with Crippen molar-refractivity contribution in [3.05, 3.63) is 12.2 Å². The van der Waals surface area contributed by atoms with Crippen molar-refractivity contribution in [2.75, 3.05) is 20.3 Å². The van der Waals surface area contributed by atoms with E-state index in [1.165, 1.54) is 19.3 Å². The zero-order valence-corrected chi connectivity index (χ0v) is 7.58. The molecule has 0 aromatic carbocycles. The summed E-state index contributed by atoms with van der Waals surface area (Å²) in [5, 5.41) is 0. The summed E-state index contributed by atoms with van der Waals surface area (Å²) in [6.07, 6.45) is 7.98. The van der Waals surface area contributed by atoms with Gasteiger partial charge in [-0.05, 0) is 19.3 Å². The molecule has 3 heteroatoms. The molecular weight excluding hydrogens is 154 g/mol. The van der Waals surface area contributed by atoms with Gasteiger partial charge in [0.2, 0.25) is 0 Å². The van der Waals surface area contributed by atoms with Crippen LogP contribution in [0.2, 0.25) is 0 Å². The highest BCUT2D eigenvalue weighted by molar-refractivity contribution is 4.95. The molecule has 0 fully saturated rings. The van der Waals surface area contributed by atoms with Crippen LogP contribution in [0.4, 0.5) is 0 Å². The smallest absolute Gasteiger partial charge is 0.0916 e. The molecule has 0 aromatic rings. The van der Waals surface area contributed by atoms with E-state index >= 15 is 0 Å². The molecular formula is C9H17NO2. The molecule has 1 unspecified atom stereocenters. The lowest BCUT2D eigenvalue weighted by Crippen LogP contribution is -2.29. The molecule has 1 aliphatic rings. The van der Waals surface area contributed by atoms with Crippen molar-refractivity contribution in [3.8, 4) is 0 Å². The van der Waals surface area contributed by atoms with E-state index in [1.807, 2.05) is 0 Å². The van der Waals surface area contributed by atoms with Crippen molar-refractivity contribution < 1.29 is 9.57 Å². The Balaban J connectivity index is 1.98. The van der Waals surface area contributed by atoms with Crippen LogP contribution in [0.3, 0.4) is 0 Å². The standard InChI is InChI=1S/C9H17NO2/c1-11-7-8-12-10-9-5-3-2-4-6-9/h3,5,9-10H,2,4,6-8H2,1H3. The van der Waals surface area contributed by atoms with Crippen molar-refractivity contribution in [2.45, 2.75) is 25.3 Å². The van der Waals surface area contributed by atoms with Crippen LogP contribution in [0.1, 0.15) is 19.3 Å². The molecule has 0 radical (unpaired) electrons. The molecule has 0 spiro atoms. The van der Waals surface area contributed by atoms with E-state index in [4.69, 9.17) is 9.57 Å². The van der Waals surface area contributed by atoms with Gasteiger partial charge in [0.05, 0.1) is 19.3 Å². The molecule has 70 valence electrons. The van der Waals surface area contributed by atoms with Gasteiger partial charge in [-0.1, -0.05) is 12.2 Å². The Labute approximate surface area is 73.7 Å². The average molecular weight is 171 g/mol. The van der Waals surface area contributed by atoms with Crippen LogP contribution in [0.15, 0.2) is 12.2 Å². The van der Waals surface area contributed by atoms with Crippen molar-refractivity contribution >= 4 is 0 Å². The second-order valence-electron chi connectivity index (χ2n) is 2.92. The van der Waals surface area contributed by atoms with Crippen LogP contribution in [-0.2, 0) is 9.57 Å². The van der Waals surface area contributed by atoms with E-state index in [1.54, 1.807) is 7.11 Å². The summed E-state index contributed by atoms with van der Waals surface area (Å²) in [4.78, 5) is 5.19. The normalized spacial score (nSPS) is 22.9. The Morgan fingerprint density at radius 2 is 2.42 bits per heavy atom. The van der Waals surface area contributed by atoms with Crippen molar-refractivity contribution in [3.63, 3.8) is 0 Å². The van der Waals surface area contributed by atoms with E-state index in [2.05, 4.69) is 17.6 Å². The number of hydrogen-bond donors (Lipinski definition) is 1. The maximum Gasteiger partial charge on any atom is 0.0916 e. The van der Waals surface area contributed by atoms with E-state index < -0.39 is 0 Å². The lowest BCUT2D eigenvalue weighted by atomic mass is 10.0. The lowest BCUT2D eigenvalue weighted by Gasteiger charge is -2.17. The first-order valence-corrected chi connectivity index (χ1v) is 4.46. The van der Waals surface area contributed by atoms with Gasteiger partial charge < -0.3 is 4.74 Å². The molecule has 0 saturated heterocycles. The molecule has 0 amide bonds.